The largest absolute Gasteiger partial charge is 0.469 e. The fourth-order valence-electron chi connectivity index (χ4n) is 2.00. The number of rotatable bonds is 6. The van der Waals surface area contributed by atoms with Gasteiger partial charge in [0.05, 0.1) is 24.4 Å². The normalized spacial score (nSPS) is 12.3. The van der Waals surface area contributed by atoms with Gasteiger partial charge in [0.15, 0.2) is 4.90 Å². The zero-order valence-corrected chi connectivity index (χ0v) is 13.8. The lowest BCUT2D eigenvalue weighted by molar-refractivity contribution is -0.140. The van der Waals surface area contributed by atoms with Crippen LogP contribution in [0.1, 0.15) is 17.5 Å². The van der Waals surface area contributed by atoms with E-state index in [1.807, 2.05) is 18.2 Å². The number of aryl methyl sites for hydroxylation is 1. The molecule has 0 bridgehead atoms. The number of carbonyl (C=O) groups is 1. The summed E-state index contributed by atoms with van der Waals surface area (Å²) in [4.78, 5) is 12.7. The molecule has 0 heterocycles. The summed E-state index contributed by atoms with van der Waals surface area (Å²) in [5, 5.41) is 2.20. The molecule has 0 aliphatic carbocycles. The third-order valence-corrected chi connectivity index (χ3v) is 5.29. The Bertz CT molecular complexity index is 618. The van der Waals surface area contributed by atoms with E-state index >= 15 is 0 Å². The first kappa shape index (κ1) is 16.4. The van der Waals surface area contributed by atoms with Crippen LogP contribution in [0.3, 0.4) is 0 Å². The second-order valence-corrected chi connectivity index (χ2v) is 7.00. The summed E-state index contributed by atoms with van der Waals surface area (Å²) in [7, 11) is 1.34. The number of methoxy groups -OCH3 is 1. The number of benzene rings is 2. The van der Waals surface area contributed by atoms with E-state index in [0.717, 1.165) is 5.75 Å². The van der Waals surface area contributed by atoms with Crippen LogP contribution < -0.4 is 0 Å². The fourth-order valence-corrected chi connectivity index (χ4v) is 3.72. The standard InChI is InChI=1S/C19H21O2S/c1-16-8-10-18(11-9-16)22(15-13-19(20)21-2)14-12-17-6-4-3-5-7-17/h3-12,14H,13,15H2,1-2H3/q+1/b14-12+. The number of esters is 1. The molecule has 1 unspecified atom stereocenters. The van der Waals surface area contributed by atoms with Crippen molar-refractivity contribution in [3.63, 3.8) is 0 Å². The highest BCUT2D eigenvalue weighted by molar-refractivity contribution is 7.99. The van der Waals surface area contributed by atoms with E-state index in [1.165, 1.54) is 23.1 Å². The molecule has 0 saturated heterocycles. The summed E-state index contributed by atoms with van der Waals surface area (Å²) in [6, 6.07) is 18.7. The topological polar surface area (TPSA) is 26.3 Å². The maximum absolute atomic E-state index is 11.4. The van der Waals surface area contributed by atoms with Gasteiger partial charge in [-0.15, -0.1) is 0 Å². The molecule has 22 heavy (non-hydrogen) atoms. The van der Waals surface area contributed by atoms with Crippen LogP contribution >= 0.6 is 0 Å². The first-order valence-electron chi connectivity index (χ1n) is 7.25. The van der Waals surface area contributed by atoms with Crippen molar-refractivity contribution in [2.24, 2.45) is 0 Å². The van der Waals surface area contributed by atoms with Crippen LogP contribution in [-0.2, 0) is 20.4 Å². The minimum atomic E-state index is -0.155. The van der Waals surface area contributed by atoms with Crippen molar-refractivity contribution in [1.82, 2.24) is 0 Å². The van der Waals surface area contributed by atoms with Crippen molar-refractivity contribution < 1.29 is 9.53 Å². The van der Waals surface area contributed by atoms with Crippen LogP contribution in [0.4, 0.5) is 0 Å². The molecule has 0 aliphatic rings. The predicted octanol–water partition coefficient (Wildman–Crippen LogP) is 4.21. The van der Waals surface area contributed by atoms with Crippen LogP contribution in [0.2, 0.25) is 0 Å². The Morgan fingerprint density at radius 3 is 2.41 bits per heavy atom. The highest BCUT2D eigenvalue weighted by Crippen LogP contribution is 2.19. The monoisotopic (exact) mass is 313 g/mol. The minimum Gasteiger partial charge on any atom is -0.469 e. The molecule has 2 aromatic rings. The first-order chi connectivity index (χ1) is 10.7. The molecule has 0 radical (unpaired) electrons. The molecule has 0 N–H and O–H groups in total. The fraction of sp³-hybridized carbons (Fsp3) is 0.211. The van der Waals surface area contributed by atoms with Gasteiger partial charge < -0.3 is 4.74 Å². The number of hydrogen-bond acceptors (Lipinski definition) is 2. The molecule has 2 aromatic carbocycles. The third-order valence-electron chi connectivity index (χ3n) is 3.30. The average Bonchev–Trinajstić information content (AvgIpc) is 2.56. The summed E-state index contributed by atoms with van der Waals surface area (Å²) < 4.78 is 4.76. The van der Waals surface area contributed by atoms with E-state index in [-0.39, 0.29) is 16.9 Å². The van der Waals surface area contributed by atoms with Gasteiger partial charge in [-0.3, -0.25) is 4.79 Å². The Kier molecular flexibility index (Phi) is 6.28. The van der Waals surface area contributed by atoms with E-state index in [1.54, 1.807) is 0 Å². The van der Waals surface area contributed by atoms with Crippen LogP contribution in [0, 0.1) is 6.92 Å². The number of hydrogen-bond donors (Lipinski definition) is 0. The summed E-state index contributed by atoms with van der Waals surface area (Å²) in [6.07, 6.45) is 2.56. The lowest BCUT2D eigenvalue weighted by Gasteiger charge is -2.04. The van der Waals surface area contributed by atoms with Crippen molar-refractivity contribution in [2.75, 3.05) is 12.9 Å². The Labute approximate surface area is 135 Å². The Hall–Kier alpha value is -2.00. The second-order valence-electron chi connectivity index (χ2n) is 4.99. The highest BCUT2D eigenvalue weighted by atomic mass is 32.2. The predicted molar refractivity (Wildman–Crippen MR) is 93.8 cm³/mol. The number of carbonyl (C=O) groups excluding carboxylic acids is 1. The zero-order valence-electron chi connectivity index (χ0n) is 13.0. The van der Waals surface area contributed by atoms with E-state index in [4.69, 9.17) is 4.74 Å². The zero-order chi connectivity index (χ0) is 15.8. The van der Waals surface area contributed by atoms with E-state index in [0.29, 0.717) is 6.42 Å². The average molecular weight is 313 g/mol. The van der Waals surface area contributed by atoms with Crippen molar-refractivity contribution in [1.29, 1.82) is 0 Å². The van der Waals surface area contributed by atoms with Crippen LogP contribution in [0.5, 0.6) is 0 Å². The maximum Gasteiger partial charge on any atom is 0.310 e. The molecule has 0 aromatic heterocycles. The molecule has 3 heteroatoms. The lowest BCUT2D eigenvalue weighted by Crippen LogP contribution is -2.11. The summed E-state index contributed by atoms with van der Waals surface area (Å²) in [5.74, 6) is 0.622. The molecule has 0 fully saturated rings. The third kappa shape index (κ3) is 5.08. The molecule has 0 saturated carbocycles. The molecule has 0 amide bonds. The van der Waals surface area contributed by atoms with Gasteiger partial charge in [-0.25, -0.2) is 0 Å². The molecular weight excluding hydrogens is 292 g/mol. The van der Waals surface area contributed by atoms with Crippen molar-refractivity contribution in [3.05, 3.63) is 71.1 Å². The van der Waals surface area contributed by atoms with Crippen LogP contribution in [0.25, 0.3) is 6.08 Å². The van der Waals surface area contributed by atoms with Gasteiger partial charge in [-0.05, 0) is 30.7 Å². The van der Waals surface area contributed by atoms with Gasteiger partial charge in [0.1, 0.15) is 11.2 Å². The Morgan fingerprint density at radius 1 is 1.09 bits per heavy atom. The van der Waals surface area contributed by atoms with E-state index < -0.39 is 0 Å². The SMILES string of the molecule is COC(=O)CC[S+](/C=C/c1ccccc1)c1ccc(C)cc1. The molecule has 1 atom stereocenters. The van der Waals surface area contributed by atoms with Crippen LogP contribution in [-0.4, -0.2) is 18.8 Å². The lowest BCUT2D eigenvalue weighted by atomic mass is 10.2. The van der Waals surface area contributed by atoms with Gasteiger partial charge in [-0.2, -0.15) is 0 Å². The molecule has 2 rings (SSSR count). The maximum atomic E-state index is 11.4. The van der Waals surface area contributed by atoms with E-state index in [9.17, 15) is 4.79 Å². The van der Waals surface area contributed by atoms with Crippen molar-refractivity contribution in [2.45, 2.75) is 18.2 Å². The smallest absolute Gasteiger partial charge is 0.310 e. The van der Waals surface area contributed by atoms with Gasteiger partial charge >= 0.3 is 5.97 Å². The van der Waals surface area contributed by atoms with Gasteiger partial charge in [0.2, 0.25) is 0 Å². The first-order valence-corrected chi connectivity index (χ1v) is 8.71. The minimum absolute atomic E-state index is 0.100. The van der Waals surface area contributed by atoms with Crippen molar-refractivity contribution in [3.8, 4) is 0 Å². The van der Waals surface area contributed by atoms with Crippen molar-refractivity contribution >= 4 is 22.9 Å². The van der Waals surface area contributed by atoms with Gasteiger partial charge in [-0.1, -0.05) is 48.0 Å². The molecule has 0 spiro atoms. The summed E-state index contributed by atoms with van der Waals surface area (Å²) in [5.41, 5.74) is 2.41. The molecule has 114 valence electrons. The highest BCUT2D eigenvalue weighted by Gasteiger charge is 2.20. The molecule has 2 nitrogen and oxygen atoms in total. The summed E-state index contributed by atoms with van der Waals surface area (Å²) in [6.45, 7) is 2.08. The Morgan fingerprint density at radius 2 is 1.77 bits per heavy atom. The second kappa shape index (κ2) is 8.44. The van der Waals surface area contributed by atoms with Crippen LogP contribution in [0.15, 0.2) is 64.9 Å². The van der Waals surface area contributed by atoms with Gasteiger partial charge in [0, 0.05) is 0 Å². The van der Waals surface area contributed by atoms with E-state index in [2.05, 4.69) is 54.8 Å². The quantitative estimate of drug-likeness (QED) is 0.590. The molecular formula is C19H21O2S+. The molecule has 0 aliphatic heterocycles. The van der Waals surface area contributed by atoms with Gasteiger partial charge in [0.25, 0.3) is 0 Å². The number of ether oxygens (including phenoxy) is 1. The Balaban J connectivity index is 2.15. The summed E-state index contributed by atoms with van der Waals surface area (Å²) >= 11 is 0.